The molecule has 5 rings (SSSR count). The molecule has 0 spiro atoms. The molecule has 202 valence electrons. The van der Waals surface area contributed by atoms with Crippen LogP contribution in [0.4, 0.5) is 0 Å². The van der Waals surface area contributed by atoms with E-state index in [9.17, 15) is 4.79 Å². The third-order valence-electron chi connectivity index (χ3n) is 6.87. The molecular weight excluding hydrogens is 561 g/mol. The summed E-state index contributed by atoms with van der Waals surface area (Å²) in [5, 5.41) is 5.84. The van der Waals surface area contributed by atoms with Crippen LogP contribution >= 0.6 is 34.8 Å². The Hall–Kier alpha value is -3.19. The summed E-state index contributed by atoms with van der Waals surface area (Å²) < 4.78 is 22.2. The lowest BCUT2D eigenvalue weighted by molar-refractivity contribution is 0.0600. The van der Waals surface area contributed by atoms with E-state index in [4.69, 9.17) is 53.5 Å². The molecule has 1 aliphatic carbocycles. The number of benzene rings is 3. The second-order valence-electron chi connectivity index (χ2n) is 9.43. The topological polar surface area (TPSA) is 70.8 Å². The van der Waals surface area contributed by atoms with Crippen molar-refractivity contribution in [3.8, 4) is 22.8 Å². The molecule has 0 amide bonds. The monoisotopic (exact) mass is 585 g/mol. The largest absolute Gasteiger partial charge is 0.497 e. The van der Waals surface area contributed by atoms with E-state index in [1.165, 1.54) is 7.11 Å². The Balaban J connectivity index is 1.40. The fourth-order valence-electron chi connectivity index (χ4n) is 4.56. The first-order valence-corrected chi connectivity index (χ1v) is 13.6. The van der Waals surface area contributed by atoms with Crippen molar-refractivity contribution in [2.24, 2.45) is 0 Å². The van der Waals surface area contributed by atoms with Gasteiger partial charge in [-0.25, -0.2) is 4.79 Å². The average Bonchev–Trinajstić information content (AvgIpc) is 3.70. The number of esters is 1. The van der Waals surface area contributed by atoms with Crippen molar-refractivity contribution in [1.82, 2.24) is 5.16 Å². The Bertz CT molecular complexity index is 1510. The van der Waals surface area contributed by atoms with Gasteiger partial charge in [0, 0.05) is 22.4 Å². The van der Waals surface area contributed by atoms with Crippen molar-refractivity contribution < 1.29 is 23.5 Å². The van der Waals surface area contributed by atoms with Gasteiger partial charge in [0.1, 0.15) is 29.6 Å². The Labute approximate surface area is 241 Å². The van der Waals surface area contributed by atoms with Crippen LogP contribution in [0.2, 0.25) is 15.1 Å². The molecule has 0 N–H and O–H groups in total. The fraction of sp³-hybridized carbons (Fsp3) is 0.267. The predicted octanol–water partition coefficient (Wildman–Crippen LogP) is 8.71. The molecule has 1 aliphatic rings. The van der Waals surface area contributed by atoms with Gasteiger partial charge in [-0.3, -0.25) is 0 Å². The van der Waals surface area contributed by atoms with Crippen LogP contribution in [0.15, 0.2) is 59.1 Å². The molecule has 1 fully saturated rings. The molecule has 0 saturated heterocycles. The third kappa shape index (κ3) is 5.74. The van der Waals surface area contributed by atoms with E-state index in [-0.39, 0.29) is 12.5 Å². The maximum absolute atomic E-state index is 12.1. The number of hydrogen-bond donors (Lipinski definition) is 0. The van der Waals surface area contributed by atoms with Crippen LogP contribution in [0, 0.1) is 0 Å². The van der Waals surface area contributed by atoms with E-state index in [1.54, 1.807) is 43.5 Å². The molecule has 4 aromatic rings. The predicted molar refractivity (Wildman–Crippen MR) is 152 cm³/mol. The van der Waals surface area contributed by atoms with E-state index in [1.807, 2.05) is 25.1 Å². The Morgan fingerprint density at radius 3 is 2.38 bits per heavy atom. The number of methoxy groups -OCH3 is 2. The first-order valence-electron chi connectivity index (χ1n) is 12.4. The van der Waals surface area contributed by atoms with Crippen molar-refractivity contribution >= 4 is 40.8 Å². The third-order valence-corrected chi connectivity index (χ3v) is 7.83. The second kappa shape index (κ2) is 11.5. The van der Waals surface area contributed by atoms with Gasteiger partial charge in [0.15, 0.2) is 0 Å². The number of hydrogen-bond acceptors (Lipinski definition) is 6. The van der Waals surface area contributed by atoms with E-state index < -0.39 is 5.97 Å². The van der Waals surface area contributed by atoms with Crippen LogP contribution in [-0.2, 0) is 11.3 Å². The standard InChI is InChI=1S/C30H26Cl3NO5/c1-16(18-11-19(30(35)37-3)13-21(12-18)36-2)22-10-9-20(14-26(22)33)38-15-23-28(34-39-29(23)17-7-8-17)27-24(31)5-4-6-25(27)32/h4-6,9-14,16-17H,7-8,15H2,1-3H3. The highest BCUT2D eigenvalue weighted by molar-refractivity contribution is 6.39. The number of halogens is 3. The Morgan fingerprint density at radius 2 is 1.74 bits per heavy atom. The van der Waals surface area contributed by atoms with Crippen LogP contribution < -0.4 is 9.47 Å². The summed E-state index contributed by atoms with van der Waals surface area (Å²) in [4.78, 5) is 12.1. The number of aromatic nitrogens is 1. The molecule has 0 radical (unpaired) electrons. The van der Waals surface area contributed by atoms with Gasteiger partial charge >= 0.3 is 5.97 Å². The highest BCUT2D eigenvalue weighted by Crippen LogP contribution is 2.46. The van der Waals surface area contributed by atoms with E-state index in [0.717, 1.165) is 35.3 Å². The zero-order valence-corrected chi connectivity index (χ0v) is 23.9. The van der Waals surface area contributed by atoms with Crippen LogP contribution in [0.1, 0.15) is 64.4 Å². The number of nitrogens with zero attached hydrogens (tertiary/aromatic N) is 1. The van der Waals surface area contributed by atoms with Gasteiger partial charge in [-0.2, -0.15) is 0 Å². The van der Waals surface area contributed by atoms with Crippen molar-refractivity contribution in [3.63, 3.8) is 0 Å². The number of rotatable bonds is 9. The molecule has 1 heterocycles. The lowest BCUT2D eigenvalue weighted by atomic mass is 9.91. The quantitative estimate of drug-likeness (QED) is 0.183. The van der Waals surface area contributed by atoms with Gasteiger partial charge in [0.2, 0.25) is 0 Å². The highest BCUT2D eigenvalue weighted by atomic mass is 35.5. The van der Waals surface area contributed by atoms with Crippen molar-refractivity contribution in [2.45, 2.75) is 38.2 Å². The summed E-state index contributed by atoms with van der Waals surface area (Å²) in [6, 6.07) is 16.2. The second-order valence-corrected chi connectivity index (χ2v) is 10.6. The minimum absolute atomic E-state index is 0.126. The maximum Gasteiger partial charge on any atom is 0.337 e. The van der Waals surface area contributed by atoms with E-state index >= 15 is 0 Å². The molecule has 0 aliphatic heterocycles. The van der Waals surface area contributed by atoms with Crippen LogP contribution in [-0.4, -0.2) is 25.3 Å². The molecule has 1 saturated carbocycles. The van der Waals surface area contributed by atoms with Gasteiger partial charge in [-0.15, -0.1) is 0 Å². The zero-order chi connectivity index (χ0) is 27.7. The summed E-state index contributed by atoms with van der Waals surface area (Å²) >= 11 is 19.7. The van der Waals surface area contributed by atoms with Gasteiger partial charge in [0.05, 0.1) is 35.4 Å². The van der Waals surface area contributed by atoms with Gasteiger partial charge < -0.3 is 18.7 Å². The molecule has 1 atom stereocenters. The molecule has 39 heavy (non-hydrogen) atoms. The van der Waals surface area contributed by atoms with Crippen LogP contribution in [0.25, 0.3) is 11.3 Å². The molecule has 0 bridgehead atoms. The lowest BCUT2D eigenvalue weighted by Gasteiger charge is -2.17. The fourth-order valence-corrected chi connectivity index (χ4v) is 5.47. The molecular formula is C30H26Cl3NO5. The first kappa shape index (κ1) is 27.4. The van der Waals surface area contributed by atoms with Gasteiger partial charge in [-0.1, -0.05) is 59.0 Å². The van der Waals surface area contributed by atoms with Gasteiger partial charge in [0.25, 0.3) is 0 Å². The molecule has 9 heteroatoms. The van der Waals surface area contributed by atoms with Gasteiger partial charge in [-0.05, 0) is 66.4 Å². The van der Waals surface area contributed by atoms with E-state index in [0.29, 0.717) is 49.3 Å². The summed E-state index contributed by atoms with van der Waals surface area (Å²) in [6.07, 6.45) is 2.08. The summed E-state index contributed by atoms with van der Waals surface area (Å²) in [6.45, 7) is 2.23. The minimum atomic E-state index is -0.436. The number of carbonyl (C=O) groups excluding carboxylic acids is 1. The zero-order valence-electron chi connectivity index (χ0n) is 21.6. The van der Waals surface area contributed by atoms with Crippen LogP contribution in [0.5, 0.6) is 11.5 Å². The summed E-state index contributed by atoms with van der Waals surface area (Å²) in [5.41, 5.74) is 4.19. The maximum atomic E-state index is 12.1. The molecule has 3 aromatic carbocycles. The summed E-state index contributed by atoms with van der Waals surface area (Å²) in [5.74, 6) is 1.71. The average molecular weight is 587 g/mol. The van der Waals surface area contributed by atoms with E-state index in [2.05, 4.69) is 5.16 Å². The minimum Gasteiger partial charge on any atom is -0.497 e. The van der Waals surface area contributed by atoms with Crippen molar-refractivity contribution in [3.05, 3.63) is 97.7 Å². The number of carbonyl (C=O) groups is 1. The molecule has 1 unspecified atom stereocenters. The highest BCUT2D eigenvalue weighted by Gasteiger charge is 2.33. The lowest BCUT2D eigenvalue weighted by Crippen LogP contribution is -2.05. The SMILES string of the molecule is COC(=O)c1cc(OC)cc(C(C)c2ccc(OCc3c(-c4c(Cl)cccc4Cl)noc3C3CC3)cc2Cl)c1. The summed E-state index contributed by atoms with van der Waals surface area (Å²) in [7, 11) is 2.90. The first-order chi connectivity index (χ1) is 18.8. The molecule has 1 aromatic heterocycles. The molecule has 6 nitrogen and oxygen atoms in total. The smallest absolute Gasteiger partial charge is 0.337 e. The Kier molecular flexibility index (Phi) is 8.08. The Morgan fingerprint density at radius 1 is 1.00 bits per heavy atom. The van der Waals surface area contributed by atoms with Crippen LogP contribution in [0.3, 0.4) is 0 Å². The van der Waals surface area contributed by atoms with Crippen molar-refractivity contribution in [2.75, 3.05) is 14.2 Å². The normalized spacial score (nSPS) is 13.7. The number of ether oxygens (including phenoxy) is 3. The van der Waals surface area contributed by atoms with Crippen molar-refractivity contribution in [1.29, 1.82) is 0 Å².